The van der Waals surface area contributed by atoms with Crippen LogP contribution in [0.3, 0.4) is 0 Å². The topological polar surface area (TPSA) is 84.1 Å². The zero-order valence-corrected chi connectivity index (χ0v) is 15.9. The van der Waals surface area contributed by atoms with Crippen molar-refractivity contribution in [1.82, 2.24) is 15.3 Å². The van der Waals surface area contributed by atoms with E-state index in [0.29, 0.717) is 23.0 Å². The first-order valence-corrected chi connectivity index (χ1v) is 9.66. The number of imidazole rings is 1. The van der Waals surface area contributed by atoms with Gasteiger partial charge in [-0.3, -0.25) is 14.9 Å². The van der Waals surface area contributed by atoms with Crippen LogP contribution in [0.4, 0.5) is 4.79 Å². The van der Waals surface area contributed by atoms with Crippen LogP contribution in [0.2, 0.25) is 5.02 Å². The Hall–Kier alpha value is -2.51. The number of hydrogen-bond acceptors (Lipinski definition) is 5. The van der Waals surface area contributed by atoms with Gasteiger partial charge < -0.3 is 9.72 Å². The second kappa shape index (κ2) is 7.25. The van der Waals surface area contributed by atoms with Crippen LogP contribution < -0.4 is 10.1 Å². The summed E-state index contributed by atoms with van der Waals surface area (Å²) in [6.45, 7) is 1.92. The molecule has 8 heteroatoms. The van der Waals surface area contributed by atoms with Gasteiger partial charge in [-0.2, -0.15) is 0 Å². The minimum Gasteiger partial charge on any atom is -0.483 e. The molecular formula is C19H16ClN3O3S. The number of carbonyl (C=O) groups excluding carboxylic acids is 2. The number of ether oxygens (including phenoxy) is 1. The highest BCUT2D eigenvalue weighted by molar-refractivity contribution is 8.15. The third kappa shape index (κ3) is 3.94. The van der Waals surface area contributed by atoms with Crippen molar-refractivity contribution in [1.29, 1.82) is 0 Å². The lowest BCUT2D eigenvalue weighted by Gasteiger charge is -2.13. The summed E-state index contributed by atoms with van der Waals surface area (Å²) in [5.74, 6) is 1.18. The number of benzene rings is 2. The molecule has 4 rings (SSSR count). The van der Waals surface area contributed by atoms with E-state index in [0.717, 1.165) is 28.4 Å². The zero-order valence-electron chi connectivity index (χ0n) is 14.4. The van der Waals surface area contributed by atoms with Crippen molar-refractivity contribution in [2.45, 2.75) is 24.7 Å². The Morgan fingerprint density at radius 3 is 2.70 bits per heavy atom. The summed E-state index contributed by atoms with van der Waals surface area (Å²) in [5.41, 5.74) is 2.67. The zero-order chi connectivity index (χ0) is 19.0. The SMILES string of the molecule is CC(Oc1ccc(CC2SC(=O)NC2=O)cc1)c1nc2ccc(Cl)cc2[nH]1. The fraction of sp³-hybridized carbons (Fsp3) is 0.211. The standard InChI is InChI=1S/C19H16ClN3O3S/c1-10(17-21-14-7-4-12(20)9-15(14)22-17)26-13-5-2-11(3-6-13)8-16-18(24)23-19(25)27-16/h2-7,9-10,16H,8H2,1H3,(H,21,22)(H,23,24,25). The van der Waals surface area contributed by atoms with Crippen LogP contribution in [0.25, 0.3) is 11.0 Å². The number of hydrogen-bond donors (Lipinski definition) is 2. The highest BCUT2D eigenvalue weighted by Crippen LogP contribution is 2.26. The fourth-order valence-electron chi connectivity index (χ4n) is 2.90. The summed E-state index contributed by atoms with van der Waals surface area (Å²) in [7, 11) is 0. The molecular weight excluding hydrogens is 386 g/mol. The molecule has 27 heavy (non-hydrogen) atoms. The molecule has 1 aliphatic rings. The highest BCUT2D eigenvalue weighted by Gasteiger charge is 2.31. The molecule has 6 nitrogen and oxygen atoms in total. The van der Waals surface area contributed by atoms with Crippen LogP contribution in [-0.4, -0.2) is 26.4 Å². The van der Waals surface area contributed by atoms with Crippen molar-refractivity contribution >= 4 is 45.5 Å². The summed E-state index contributed by atoms with van der Waals surface area (Å²) in [6.07, 6.45) is 0.235. The van der Waals surface area contributed by atoms with E-state index in [1.54, 1.807) is 6.07 Å². The molecule has 1 fully saturated rings. The van der Waals surface area contributed by atoms with Crippen LogP contribution in [0, 0.1) is 0 Å². The van der Waals surface area contributed by atoms with Gasteiger partial charge >= 0.3 is 0 Å². The Balaban J connectivity index is 1.42. The van der Waals surface area contributed by atoms with Gasteiger partial charge in [0.05, 0.1) is 16.3 Å². The van der Waals surface area contributed by atoms with Gasteiger partial charge in [-0.05, 0) is 49.2 Å². The lowest BCUT2D eigenvalue weighted by molar-refractivity contribution is -0.118. The van der Waals surface area contributed by atoms with Crippen LogP contribution in [0.5, 0.6) is 5.75 Å². The highest BCUT2D eigenvalue weighted by atomic mass is 35.5. The molecule has 0 bridgehead atoms. The van der Waals surface area contributed by atoms with Crippen molar-refractivity contribution in [3.8, 4) is 5.75 Å². The summed E-state index contributed by atoms with van der Waals surface area (Å²) in [5, 5.41) is 2.29. The van der Waals surface area contributed by atoms with E-state index in [4.69, 9.17) is 16.3 Å². The average Bonchev–Trinajstić information content (AvgIpc) is 3.19. The fourth-order valence-corrected chi connectivity index (χ4v) is 3.93. The Bertz CT molecular complexity index is 1020. The normalized spacial score (nSPS) is 17.9. The van der Waals surface area contributed by atoms with E-state index in [1.807, 2.05) is 43.3 Å². The molecule has 2 heterocycles. The molecule has 2 atom stereocenters. The number of amides is 2. The number of aromatic amines is 1. The Morgan fingerprint density at radius 2 is 2.00 bits per heavy atom. The van der Waals surface area contributed by atoms with Gasteiger partial charge in [-0.15, -0.1) is 0 Å². The minimum absolute atomic E-state index is 0.232. The van der Waals surface area contributed by atoms with Crippen LogP contribution in [0.1, 0.15) is 24.4 Å². The molecule has 3 aromatic rings. The number of nitrogens with zero attached hydrogens (tertiary/aromatic N) is 1. The number of aromatic nitrogens is 2. The Morgan fingerprint density at radius 1 is 1.22 bits per heavy atom. The smallest absolute Gasteiger partial charge is 0.286 e. The summed E-state index contributed by atoms with van der Waals surface area (Å²) in [6, 6.07) is 13.0. The average molecular weight is 402 g/mol. The van der Waals surface area contributed by atoms with Crippen molar-refractivity contribution in [2.75, 3.05) is 0 Å². The van der Waals surface area contributed by atoms with Gasteiger partial charge in [0.2, 0.25) is 5.91 Å². The number of nitrogens with one attached hydrogen (secondary N) is 2. The van der Waals surface area contributed by atoms with Gasteiger partial charge in [-0.25, -0.2) is 4.98 Å². The van der Waals surface area contributed by atoms with Crippen molar-refractivity contribution < 1.29 is 14.3 Å². The van der Waals surface area contributed by atoms with Gasteiger partial charge in [0.1, 0.15) is 11.6 Å². The number of rotatable bonds is 5. The molecule has 1 aliphatic heterocycles. The molecule has 0 spiro atoms. The Kier molecular flexibility index (Phi) is 4.80. The number of thioether (sulfide) groups is 1. The molecule has 0 aliphatic carbocycles. The largest absolute Gasteiger partial charge is 0.483 e. The quantitative estimate of drug-likeness (QED) is 0.667. The van der Waals surface area contributed by atoms with Crippen LogP contribution in [0.15, 0.2) is 42.5 Å². The van der Waals surface area contributed by atoms with Crippen LogP contribution >= 0.6 is 23.4 Å². The molecule has 2 unspecified atom stereocenters. The first-order valence-electron chi connectivity index (χ1n) is 8.40. The third-order valence-electron chi connectivity index (χ3n) is 4.27. The van der Waals surface area contributed by atoms with Crippen molar-refractivity contribution in [3.05, 3.63) is 58.9 Å². The van der Waals surface area contributed by atoms with Crippen LogP contribution in [-0.2, 0) is 11.2 Å². The summed E-state index contributed by atoms with van der Waals surface area (Å²) < 4.78 is 5.96. The summed E-state index contributed by atoms with van der Waals surface area (Å²) >= 11 is 7.04. The van der Waals surface area contributed by atoms with E-state index in [1.165, 1.54) is 0 Å². The molecule has 138 valence electrons. The first kappa shape index (κ1) is 17.9. The molecule has 1 saturated heterocycles. The van der Waals surface area contributed by atoms with Gasteiger partial charge in [0.25, 0.3) is 5.24 Å². The maximum absolute atomic E-state index is 11.7. The van der Waals surface area contributed by atoms with Gasteiger partial charge in [0, 0.05) is 5.02 Å². The van der Waals surface area contributed by atoms with Gasteiger partial charge in [0.15, 0.2) is 6.10 Å². The molecule has 2 N–H and O–H groups in total. The molecule has 0 radical (unpaired) electrons. The number of carbonyl (C=O) groups is 2. The second-order valence-electron chi connectivity index (χ2n) is 6.27. The predicted octanol–water partition coefficient (Wildman–Crippen LogP) is 4.25. The van der Waals surface area contributed by atoms with E-state index in [9.17, 15) is 9.59 Å². The lowest BCUT2D eigenvalue weighted by atomic mass is 10.1. The predicted molar refractivity (Wildman–Crippen MR) is 105 cm³/mol. The monoisotopic (exact) mass is 401 g/mol. The number of H-pyrrole nitrogens is 1. The number of fused-ring (bicyclic) bond motifs is 1. The maximum Gasteiger partial charge on any atom is 0.286 e. The number of halogens is 1. The van der Waals surface area contributed by atoms with Crippen molar-refractivity contribution in [2.24, 2.45) is 0 Å². The van der Waals surface area contributed by atoms with E-state index < -0.39 is 0 Å². The third-order valence-corrected chi connectivity index (χ3v) is 5.49. The van der Waals surface area contributed by atoms with Crippen molar-refractivity contribution in [3.63, 3.8) is 0 Å². The molecule has 2 amide bonds. The molecule has 0 saturated carbocycles. The minimum atomic E-state index is -0.370. The number of imide groups is 1. The van der Waals surface area contributed by atoms with E-state index in [-0.39, 0.29) is 22.5 Å². The lowest BCUT2D eigenvalue weighted by Crippen LogP contribution is -2.25. The van der Waals surface area contributed by atoms with Gasteiger partial charge in [-0.1, -0.05) is 35.5 Å². The second-order valence-corrected chi connectivity index (χ2v) is 7.89. The maximum atomic E-state index is 11.7. The summed E-state index contributed by atoms with van der Waals surface area (Å²) in [4.78, 5) is 30.7. The Labute approximate surface area is 164 Å². The molecule has 1 aromatic heterocycles. The van der Waals surface area contributed by atoms with E-state index in [2.05, 4.69) is 15.3 Å². The molecule has 2 aromatic carbocycles. The first-order chi connectivity index (χ1) is 13.0. The van der Waals surface area contributed by atoms with E-state index >= 15 is 0 Å².